The third kappa shape index (κ3) is 6.65. The molecule has 0 saturated heterocycles. The van der Waals surface area contributed by atoms with Crippen LogP contribution in [-0.4, -0.2) is 38.4 Å². The van der Waals surface area contributed by atoms with E-state index in [0.717, 1.165) is 0 Å². The molecule has 0 radical (unpaired) electrons. The van der Waals surface area contributed by atoms with Gasteiger partial charge in [-0.05, 0) is 48.0 Å². The number of ether oxygens (including phenoxy) is 3. The molecule has 0 fully saturated rings. The van der Waals surface area contributed by atoms with Crippen LogP contribution in [0.25, 0.3) is 0 Å². The lowest BCUT2D eigenvalue weighted by Crippen LogP contribution is -2.24. The zero-order chi connectivity index (χ0) is 19.6. The average Bonchev–Trinajstić information content (AvgIpc) is 2.66. The third-order valence-corrected chi connectivity index (χ3v) is 3.14. The molecule has 0 aliphatic carbocycles. The summed E-state index contributed by atoms with van der Waals surface area (Å²) in [5, 5.41) is 3.81. The van der Waals surface area contributed by atoms with Crippen LogP contribution >= 0.6 is 0 Å². The summed E-state index contributed by atoms with van der Waals surface area (Å²) in [5.74, 6) is -0.377. The molecule has 3 N–H and O–H groups in total. The second kappa shape index (κ2) is 9.76. The Labute approximate surface area is 154 Å². The molecule has 0 atom stereocenters. The molecule has 2 aromatic carbocycles. The van der Waals surface area contributed by atoms with Gasteiger partial charge in [-0.15, -0.1) is 0 Å². The number of hydrogen-bond donors (Lipinski definition) is 2. The fraction of sp³-hybridized carbons (Fsp3) is 0.167. The first-order valence-corrected chi connectivity index (χ1v) is 7.77. The van der Waals surface area contributed by atoms with E-state index in [9.17, 15) is 14.0 Å². The number of rotatable bonds is 9. The van der Waals surface area contributed by atoms with Crippen LogP contribution < -0.4 is 25.4 Å². The van der Waals surface area contributed by atoms with E-state index in [1.807, 2.05) is 0 Å². The predicted molar refractivity (Wildman–Crippen MR) is 95.3 cm³/mol. The van der Waals surface area contributed by atoms with E-state index in [1.54, 1.807) is 18.2 Å². The van der Waals surface area contributed by atoms with Crippen molar-refractivity contribution in [3.05, 3.63) is 53.8 Å². The van der Waals surface area contributed by atoms with Gasteiger partial charge in [-0.1, -0.05) is 0 Å². The van der Waals surface area contributed by atoms with Gasteiger partial charge >= 0.3 is 0 Å². The lowest BCUT2D eigenvalue weighted by Gasteiger charge is -2.09. The van der Waals surface area contributed by atoms with Crippen LogP contribution in [0.1, 0.15) is 5.56 Å². The highest BCUT2D eigenvalue weighted by molar-refractivity contribution is 5.83. The summed E-state index contributed by atoms with van der Waals surface area (Å²) in [6, 6.07) is 10.2. The Bertz CT molecular complexity index is 824. The lowest BCUT2D eigenvalue weighted by molar-refractivity contribution is -0.123. The molecule has 0 saturated carbocycles. The van der Waals surface area contributed by atoms with E-state index in [-0.39, 0.29) is 13.2 Å². The molecule has 0 aliphatic heterocycles. The van der Waals surface area contributed by atoms with Gasteiger partial charge in [0.05, 0.1) is 13.3 Å². The number of carbonyl (C=O) groups excluding carboxylic acids is 2. The van der Waals surface area contributed by atoms with Gasteiger partial charge in [0, 0.05) is 0 Å². The topological polar surface area (TPSA) is 112 Å². The minimum atomic E-state index is -0.603. The minimum Gasteiger partial charge on any atom is -0.493 e. The fourth-order valence-electron chi connectivity index (χ4n) is 1.92. The number of hydrogen-bond acceptors (Lipinski definition) is 6. The zero-order valence-corrected chi connectivity index (χ0v) is 14.5. The molecule has 2 amide bonds. The number of nitrogens with one attached hydrogen (secondary N) is 1. The SMILES string of the molecule is COc1cc(/C=N/NC(=O)COc2ccc(F)cc2)ccc1OCC(N)=O. The number of primary amides is 1. The second-order valence-corrected chi connectivity index (χ2v) is 5.20. The summed E-state index contributed by atoms with van der Waals surface area (Å²) < 4.78 is 28.4. The third-order valence-electron chi connectivity index (χ3n) is 3.14. The molecule has 0 bridgehead atoms. The van der Waals surface area contributed by atoms with Gasteiger partial charge in [0.2, 0.25) is 0 Å². The summed E-state index contributed by atoms with van der Waals surface area (Å²) in [6.07, 6.45) is 1.40. The van der Waals surface area contributed by atoms with E-state index < -0.39 is 17.6 Å². The molecule has 142 valence electrons. The van der Waals surface area contributed by atoms with Gasteiger partial charge in [0.25, 0.3) is 11.8 Å². The molecule has 0 aliphatic rings. The lowest BCUT2D eigenvalue weighted by atomic mass is 10.2. The van der Waals surface area contributed by atoms with E-state index in [1.165, 1.54) is 37.6 Å². The van der Waals surface area contributed by atoms with Crippen LogP contribution in [0, 0.1) is 5.82 Å². The molecule has 9 heteroatoms. The van der Waals surface area contributed by atoms with Crippen molar-refractivity contribution in [3.8, 4) is 17.2 Å². The largest absolute Gasteiger partial charge is 0.493 e. The van der Waals surface area contributed by atoms with E-state index >= 15 is 0 Å². The van der Waals surface area contributed by atoms with Crippen LogP contribution in [-0.2, 0) is 9.59 Å². The number of benzene rings is 2. The Balaban J connectivity index is 1.86. The van der Waals surface area contributed by atoms with Gasteiger partial charge in [0.15, 0.2) is 24.7 Å². The quantitative estimate of drug-likeness (QED) is 0.506. The number of nitrogens with zero attached hydrogens (tertiary/aromatic N) is 1. The highest BCUT2D eigenvalue weighted by Gasteiger charge is 2.07. The molecule has 2 aromatic rings. The monoisotopic (exact) mass is 375 g/mol. The van der Waals surface area contributed by atoms with Crippen molar-refractivity contribution >= 4 is 18.0 Å². The van der Waals surface area contributed by atoms with E-state index in [2.05, 4.69) is 10.5 Å². The Hall–Kier alpha value is -3.62. The van der Waals surface area contributed by atoms with Crippen molar-refractivity contribution in [2.75, 3.05) is 20.3 Å². The summed E-state index contributed by atoms with van der Waals surface area (Å²) in [4.78, 5) is 22.5. The van der Waals surface area contributed by atoms with Crippen LogP contribution in [0.5, 0.6) is 17.2 Å². The Morgan fingerprint density at radius 1 is 1.11 bits per heavy atom. The number of nitrogens with two attached hydrogens (primary N) is 1. The molecular weight excluding hydrogens is 357 g/mol. The van der Waals surface area contributed by atoms with Crippen molar-refractivity contribution < 1.29 is 28.2 Å². The van der Waals surface area contributed by atoms with Crippen molar-refractivity contribution in [3.63, 3.8) is 0 Å². The van der Waals surface area contributed by atoms with Crippen LogP contribution in [0.2, 0.25) is 0 Å². The summed E-state index contributed by atoms with van der Waals surface area (Å²) in [5.41, 5.74) is 7.96. The number of methoxy groups -OCH3 is 1. The Morgan fingerprint density at radius 2 is 1.85 bits per heavy atom. The molecule has 0 heterocycles. The van der Waals surface area contributed by atoms with Crippen molar-refractivity contribution in [1.82, 2.24) is 5.43 Å². The first-order valence-electron chi connectivity index (χ1n) is 7.77. The van der Waals surface area contributed by atoms with Crippen molar-refractivity contribution in [2.45, 2.75) is 0 Å². The van der Waals surface area contributed by atoms with E-state index in [4.69, 9.17) is 19.9 Å². The first-order chi connectivity index (χ1) is 13.0. The van der Waals surface area contributed by atoms with Crippen molar-refractivity contribution in [2.24, 2.45) is 10.8 Å². The summed E-state index contributed by atoms with van der Waals surface area (Å²) >= 11 is 0. The molecule has 0 unspecified atom stereocenters. The van der Waals surface area contributed by atoms with Crippen molar-refractivity contribution in [1.29, 1.82) is 0 Å². The standard InChI is InChI=1S/C18H18FN3O5/c1-25-16-8-12(2-7-15(16)27-10-17(20)23)9-21-22-18(24)11-26-14-5-3-13(19)4-6-14/h2-9H,10-11H2,1H3,(H2,20,23)(H,22,24)/b21-9+. The molecule has 8 nitrogen and oxygen atoms in total. The number of halogens is 1. The van der Waals surface area contributed by atoms with Gasteiger partial charge in [-0.25, -0.2) is 9.82 Å². The Morgan fingerprint density at radius 3 is 2.52 bits per heavy atom. The van der Waals surface area contributed by atoms with Gasteiger partial charge in [0.1, 0.15) is 11.6 Å². The molecule has 0 spiro atoms. The summed E-state index contributed by atoms with van der Waals surface area (Å²) in [6.45, 7) is -0.542. The van der Waals surface area contributed by atoms with Gasteiger partial charge in [-0.3, -0.25) is 9.59 Å². The van der Waals surface area contributed by atoms with Gasteiger partial charge in [-0.2, -0.15) is 5.10 Å². The number of hydrazone groups is 1. The maximum Gasteiger partial charge on any atom is 0.277 e. The minimum absolute atomic E-state index is 0.270. The number of amides is 2. The highest BCUT2D eigenvalue weighted by Crippen LogP contribution is 2.27. The first kappa shape index (κ1) is 19.7. The number of carbonyl (C=O) groups is 2. The predicted octanol–water partition coefficient (Wildman–Crippen LogP) is 1.23. The van der Waals surface area contributed by atoms with Crippen LogP contribution in [0.4, 0.5) is 4.39 Å². The molecular formula is C18H18FN3O5. The maximum atomic E-state index is 12.8. The van der Waals surface area contributed by atoms with Gasteiger partial charge < -0.3 is 19.9 Å². The van der Waals surface area contributed by atoms with Crippen LogP contribution in [0.15, 0.2) is 47.6 Å². The fourth-order valence-corrected chi connectivity index (χ4v) is 1.92. The second-order valence-electron chi connectivity index (χ2n) is 5.20. The maximum absolute atomic E-state index is 12.8. The zero-order valence-electron chi connectivity index (χ0n) is 14.5. The molecule has 2 rings (SSSR count). The molecule has 0 aromatic heterocycles. The van der Waals surface area contributed by atoms with Crippen LogP contribution in [0.3, 0.4) is 0 Å². The van der Waals surface area contributed by atoms with E-state index in [0.29, 0.717) is 22.8 Å². The molecule has 27 heavy (non-hydrogen) atoms. The highest BCUT2D eigenvalue weighted by atomic mass is 19.1. The normalized spacial score (nSPS) is 10.4. The summed E-state index contributed by atoms with van der Waals surface area (Å²) in [7, 11) is 1.45. The Kier molecular flexibility index (Phi) is 7.12. The smallest absolute Gasteiger partial charge is 0.277 e. The average molecular weight is 375 g/mol.